The number of ether oxygens (including phenoxy) is 1. The number of carboxylic acids is 1. The highest BCUT2D eigenvalue weighted by atomic mass is 16.5. The Balaban J connectivity index is 0.000000316. The van der Waals surface area contributed by atoms with Crippen LogP contribution in [0.3, 0.4) is 0 Å². The van der Waals surface area contributed by atoms with Crippen molar-refractivity contribution in [2.45, 2.75) is 33.6 Å². The number of nitrogens with zero attached hydrogens (tertiary/aromatic N) is 2. The molecule has 0 radical (unpaired) electrons. The van der Waals surface area contributed by atoms with Gasteiger partial charge in [-0.3, -0.25) is 0 Å². The Kier molecular flexibility index (Phi) is 10.6. The highest BCUT2D eigenvalue weighted by Gasteiger charge is 2.15. The molecule has 2 aromatic rings. The fourth-order valence-electron chi connectivity index (χ4n) is 3.18. The van der Waals surface area contributed by atoms with Crippen LogP contribution in [0.2, 0.25) is 0 Å². The van der Waals surface area contributed by atoms with Crippen LogP contribution in [0.5, 0.6) is 0 Å². The van der Waals surface area contributed by atoms with Crippen molar-refractivity contribution in [3.8, 4) is 0 Å². The van der Waals surface area contributed by atoms with Crippen LogP contribution in [0.4, 0.5) is 11.4 Å². The Labute approximate surface area is 186 Å². The molecule has 0 amide bonds. The summed E-state index contributed by atoms with van der Waals surface area (Å²) in [6.07, 6.45) is 2.00. The van der Waals surface area contributed by atoms with Crippen molar-refractivity contribution in [1.29, 1.82) is 0 Å². The highest BCUT2D eigenvalue weighted by Crippen LogP contribution is 2.26. The van der Waals surface area contributed by atoms with Gasteiger partial charge < -0.3 is 19.6 Å². The van der Waals surface area contributed by atoms with Crippen molar-refractivity contribution in [3.05, 3.63) is 59.2 Å². The predicted molar refractivity (Wildman–Crippen MR) is 128 cm³/mol. The summed E-state index contributed by atoms with van der Waals surface area (Å²) in [5, 5.41) is 9.19. The summed E-state index contributed by atoms with van der Waals surface area (Å²) in [5.41, 5.74) is 3.82. The first kappa shape index (κ1) is 26.0. The van der Waals surface area contributed by atoms with Crippen molar-refractivity contribution < 1.29 is 19.4 Å². The highest BCUT2D eigenvalue weighted by molar-refractivity contribution is 5.96. The Morgan fingerprint density at radius 2 is 1.55 bits per heavy atom. The maximum atomic E-state index is 11.5. The Morgan fingerprint density at radius 1 is 0.935 bits per heavy atom. The second kappa shape index (κ2) is 12.6. The molecule has 0 heterocycles. The van der Waals surface area contributed by atoms with Crippen molar-refractivity contribution >= 4 is 23.3 Å². The van der Waals surface area contributed by atoms with Crippen molar-refractivity contribution in [3.63, 3.8) is 0 Å². The average molecular weight is 429 g/mol. The number of hydrogen-bond acceptors (Lipinski definition) is 5. The topological polar surface area (TPSA) is 70.1 Å². The number of rotatable bonds is 8. The molecule has 0 aliphatic rings. The number of carbonyl (C=O) groups is 2. The first-order valence-corrected chi connectivity index (χ1v) is 10.6. The van der Waals surface area contributed by atoms with Gasteiger partial charge in [0.25, 0.3) is 0 Å². The molecule has 0 saturated carbocycles. The Morgan fingerprint density at radius 3 is 2.06 bits per heavy atom. The number of carboxylic acid groups (broad SMARTS) is 1. The minimum Gasteiger partial charge on any atom is -0.478 e. The lowest BCUT2D eigenvalue weighted by molar-refractivity contribution is 0.0526. The minimum atomic E-state index is -0.861. The zero-order valence-corrected chi connectivity index (χ0v) is 19.8. The average Bonchev–Trinajstić information content (AvgIpc) is 2.72. The van der Waals surface area contributed by atoms with E-state index in [0.717, 1.165) is 29.8 Å². The molecule has 6 nitrogen and oxygen atoms in total. The van der Waals surface area contributed by atoms with Gasteiger partial charge in [-0.05, 0) is 49.4 Å². The number of hydrogen-bond donors (Lipinski definition) is 1. The van der Waals surface area contributed by atoms with E-state index >= 15 is 0 Å². The maximum Gasteiger partial charge on any atom is 0.340 e. The van der Waals surface area contributed by atoms with E-state index in [0.29, 0.717) is 23.7 Å². The summed E-state index contributed by atoms with van der Waals surface area (Å²) in [7, 11) is 7.58. The van der Waals surface area contributed by atoms with E-state index in [1.165, 1.54) is 0 Å². The van der Waals surface area contributed by atoms with Gasteiger partial charge in [-0.1, -0.05) is 38.1 Å². The molecular weight excluding hydrogens is 392 g/mol. The molecule has 31 heavy (non-hydrogen) atoms. The molecule has 0 spiro atoms. The van der Waals surface area contributed by atoms with Gasteiger partial charge in [0.2, 0.25) is 0 Å². The van der Waals surface area contributed by atoms with Crippen molar-refractivity contribution in [2.24, 2.45) is 5.92 Å². The summed E-state index contributed by atoms with van der Waals surface area (Å²) >= 11 is 0. The van der Waals surface area contributed by atoms with E-state index in [1.54, 1.807) is 19.1 Å². The minimum absolute atomic E-state index is 0.267. The molecule has 0 unspecified atom stereocenters. The summed E-state index contributed by atoms with van der Waals surface area (Å²) in [5.74, 6) is -0.504. The first-order chi connectivity index (χ1) is 14.6. The molecule has 0 aromatic heterocycles. The maximum absolute atomic E-state index is 11.5. The van der Waals surface area contributed by atoms with Gasteiger partial charge in [0, 0.05) is 28.2 Å². The van der Waals surface area contributed by atoms with Crippen LogP contribution < -0.4 is 9.80 Å². The zero-order valence-electron chi connectivity index (χ0n) is 19.8. The molecule has 0 aliphatic carbocycles. The molecule has 0 aliphatic heterocycles. The molecule has 6 heteroatoms. The molecular formula is C25H36N2O4. The van der Waals surface area contributed by atoms with E-state index in [9.17, 15) is 14.7 Å². The Bertz CT molecular complexity index is 860. The van der Waals surface area contributed by atoms with E-state index in [1.807, 2.05) is 68.3 Å². The van der Waals surface area contributed by atoms with Gasteiger partial charge in [-0.25, -0.2) is 9.59 Å². The van der Waals surface area contributed by atoms with Gasteiger partial charge in [-0.2, -0.15) is 0 Å². The summed E-state index contributed by atoms with van der Waals surface area (Å²) in [6.45, 7) is 6.56. The zero-order chi connectivity index (χ0) is 23.6. The SMILES string of the molecule is CC(C)CCc1cccc(C(=O)O)c1N(C)C.CCOC(=O)c1ccccc1N(C)C. The van der Waals surface area contributed by atoms with Crippen LogP contribution in [0, 0.1) is 5.92 Å². The number of anilines is 2. The molecule has 170 valence electrons. The fraction of sp³-hybridized carbons (Fsp3) is 0.440. The second-order valence-electron chi connectivity index (χ2n) is 8.08. The fourth-order valence-corrected chi connectivity index (χ4v) is 3.18. The molecule has 1 N–H and O–H groups in total. The standard InChI is InChI=1S/C14H21NO2.C11H15NO2/c1-10(2)8-9-11-6-5-7-12(14(16)17)13(11)15(3)4;1-4-14-11(13)9-7-5-6-8-10(9)12(2)3/h5-7,10H,8-9H2,1-4H3,(H,16,17);5-8H,4H2,1-3H3. The Hall–Kier alpha value is -3.02. The monoisotopic (exact) mass is 428 g/mol. The van der Waals surface area contributed by atoms with Crippen LogP contribution in [0.25, 0.3) is 0 Å². The smallest absolute Gasteiger partial charge is 0.340 e. The van der Waals surface area contributed by atoms with Crippen LogP contribution in [0.1, 0.15) is 53.5 Å². The summed E-state index contributed by atoms with van der Waals surface area (Å²) < 4.78 is 4.95. The van der Waals surface area contributed by atoms with Crippen LogP contribution in [-0.2, 0) is 11.2 Å². The third-order valence-corrected chi connectivity index (χ3v) is 4.67. The number of esters is 1. The van der Waals surface area contributed by atoms with Gasteiger partial charge in [-0.15, -0.1) is 0 Å². The lowest BCUT2D eigenvalue weighted by atomic mass is 9.98. The number of benzene rings is 2. The van der Waals surface area contributed by atoms with Gasteiger partial charge in [0.05, 0.1) is 29.1 Å². The van der Waals surface area contributed by atoms with Crippen LogP contribution >= 0.6 is 0 Å². The lowest BCUT2D eigenvalue weighted by Gasteiger charge is -2.20. The normalized spacial score (nSPS) is 10.2. The second-order valence-corrected chi connectivity index (χ2v) is 8.08. The number of aryl methyl sites for hydroxylation is 1. The first-order valence-electron chi connectivity index (χ1n) is 10.6. The number of para-hydroxylation sites is 2. The third-order valence-electron chi connectivity index (χ3n) is 4.67. The predicted octanol–water partition coefficient (Wildman–Crippen LogP) is 4.97. The van der Waals surface area contributed by atoms with E-state index < -0.39 is 5.97 Å². The van der Waals surface area contributed by atoms with Crippen LogP contribution in [-0.4, -0.2) is 51.8 Å². The third kappa shape index (κ3) is 7.96. The van der Waals surface area contributed by atoms with Gasteiger partial charge in [0.15, 0.2) is 0 Å². The summed E-state index contributed by atoms with van der Waals surface area (Å²) in [4.78, 5) is 26.5. The van der Waals surface area contributed by atoms with Gasteiger partial charge >= 0.3 is 11.9 Å². The molecule has 0 saturated heterocycles. The largest absolute Gasteiger partial charge is 0.478 e. The summed E-state index contributed by atoms with van der Waals surface area (Å²) in [6, 6.07) is 12.9. The van der Waals surface area contributed by atoms with E-state index in [2.05, 4.69) is 13.8 Å². The van der Waals surface area contributed by atoms with Crippen molar-refractivity contribution in [2.75, 3.05) is 44.6 Å². The molecule has 2 aromatic carbocycles. The lowest BCUT2D eigenvalue weighted by Crippen LogP contribution is -2.16. The quantitative estimate of drug-likeness (QED) is 0.599. The molecule has 0 fully saturated rings. The molecule has 0 bridgehead atoms. The number of aromatic carboxylic acids is 1. The van der Waals surface area contributed by atoms with E-state index in [4.69, 9.17) is 4.74 Å². The number of carbonyl (C=O) groups excluding carboxylic acids is 1. The van der Waals surface area contributed by atoms with Crippen LogP contribution in [0.15, 0.2) is 42.5 Å². The van der Waals surface area contributed by atoms with E-state index in [-0.39, 0.29) is 5.97 Å². The van der Waals surface area contributed by atoms with Crippen molar-refractivity contribution in [1.82, 2.24) is 0 Å². The van der Waals surface area contributed by atoms with Gasteiger partial charge in [0.1, 0.15) is 0 Å². The molecule has 2 rings (SSSR count). The molecule has 0 atom stereocenters.